The fourth-order valence-electron chi connectivity index (χ4n) is 1.93. The molecule has 2 rings (SSSR count). The van der Waals surface area contributed by atoms with Crippen LogP contribution in [0, 0.1) is 0 Å². The number of halogens is 3. The molecule has 0 saturated heterocycles. The highest BCUT2D eigenvalue weighted by molar-refractivity contribution is 5.90. The van der Waals surface area contributed by atoms with Crippen molar-refractivity contribution >= 4 is 11.9 Å². The van der Waals surface area contributed by atoms with Crippen molar-refractivity contribution < 1.29 is 27.9 Å². The molecular weight excluding hydrogens is 293 g/mol. The van der Waals surface area contributed by atoms with E-state index in [-0.39, 0.29) is 13.0 Å². The summed E-state index contributed by atoms with van der Waals surface area (Å²) in [5.74, 6) is -3.20. The minimum absolute atomic E-state index is 0.0816. The number of aromatic nitrogens is 2. The highest BCUT2D eigenvalue weighted by Gasteiger charge is 2.58. The number of carbonyl (C=O) groups is 2. The molecular formula is C11H13F3N4O3. The quantitative estimate of drug-likeness (QED) is 0.626. The molecule has 10 heteroatoms. The van der Waals surface area contributed by atoms with E-state index in [1.54, 1.807) is 5.32 Å². The van der Waals surface area contributed by atoms with Gasteiger partial charge in [0.05, 0.1) is 23.8 Å². The van der Waals surface area contributed by atoms with Gasteiger partial charge in [0.2, 0.25) is 11.4 Å². The zero-order valence-electron chi connectivity index (χ0n) is 10.9. The van der Waals surface area contributed by atoms with Crippen LogP contribution in [-0.4, -0.2) is 44.7 Å². The number of imidazole rings is 1. The van der Waals surface area contributed by atoms with Gasteiger partial charge in [0.25, 0.3) is 0 Å². The van der Waals surface area contributed by atoms with E-state index >= 15 is 0 Å². The first-order valence-electron chi connectivity index (χ1n) is 6.02. The lowest BCUT2D eigenvalue weighted by Gasteiger charge is -2.31. The van der Waals surface area contributed by atoms with Crippen molar-refractivity contribution in [3.8, 4) is 0 Å². The molecule has 0 radical (unpaired) electrons. The topological polar surface area (TPSA) is 107 Å². The van der Waals surface area contributed by atoms with Crippen LogP contribution in [0.3, 0.4) is 0 Å². The van der Waals surface area contributed by atoms with E-state index < -0.39 is 29.6 Å². The summed E-state index contributed by atoms with van der Waals surface area (Å²) in [7, 11) is 0. The second-order valence-corrected chi connectivity index (χ2v) is 4.88. The smallest absolute Gasteiger partial charge is 0.422 e. The zero-order valence-corrected chi connectivity index (χ0v) is 10.9. The van der Waals surface area contributed by atoms with Crippen LogP contribution in [0.2, 0.25) is 0 Å². The molecule has 1 aromatic rings. The van der Waals surface area contributed by atoms with Crippen molar-refractivity contribution in [1.29, 1.82) is 0 Å². The van der Waals surface area contributed by atoms with Crippen LogP contribution in [0.25, 0.3) is 0 Å². The summed E-state index contributed by atoms with van der Waals surface area (Å²) in [5.41, 5.74) is -2.02. The number of hydrogen-bond acceptors (Lipinski definition) is 4. The predicted octanol–water partition coefficient (Wildman–Crippen LogP) is -0.0542. The van der Waals surface area contributed by atoms with E-state index in [0.29, 0.717) is 12.6 Å². The largest absolute Gasteiger partial charge is 0.479 e. The molecule has 2 unspecified atom stereocenters. The Morgan fingerprint density at radius 1 is 1.48 bits per heavy atom. The number of nitrogens with one attached hydrogen (secondary N) is 3. The van der Waals surface area contributed by atoms with Crippen LogP contribution < -0.4 is 10.6 Å². The van der Waals surface area contributed by atoms with Crippen LogP contribution in [-0.2, 0) is 22.6 Å². The van der Waals surface area contributed by atoms with Crippen LogP contribution in [0.4, 0.5) is 13.2 Å². The number of carbonyl (C=O) groups excluding carboxylic acids is 1. The lowest BCUT2D eigenvalue weighted by Crippen LogP contribution is -2.65. The van der Waals surface area contributed by atoms with Crippen molar-refractivity contribution in [2.24, 2.45) is 0 Å². The number of fused-ring (bicyclic) bond motifs is 1. The second kappa shape index (κ2) is 5.02. The average Bonchev–Trinajstić information content (AvgIpc) is 2.83. The van der Waals surface area contributed by atoms with Gasteiger partial charge in [-0.05, 0) is 6.92 Å². The van der Waals surface area contributed by atoms with Gasteiger partial charge in [-0.1, -0.05) is 0 Å². The highest BCUT2D eigenvalue weighted by atomic mass is 19.4. The molecule has 0 spiro atoms. The standard InChI is InChI=1S/C11H13F3N4O3/c1-10(9(20)21,11(12,13)14)18-8(19)6-2-5-7(3-15-6)17-4-16-5/h4,6,15H,2-3H2,1H3,(H,16,17)(H,18,19)(H,20,21). The number of carboxylic acids is 1. The third-order valence-electron chi connectivity index (χ3n) is 3.41. The van der Waals surface area contributed by atoms with Gasteiger partial charge in [0.15, 0.2) is 0 Å². The maximum absolute atomic E-state index is 12.8. The minimum atomic E-state index is -5.11. The van der Waals surface area contributed by atoms with Crippen LogP contribution in [0.5, 0.6) is 0 Å². The Bertz CT molecular complexity index is 571. The molecule has 1 amide bonds. The Labute approximate surface area is 116 Å². The van der Waals surface area contributed by atoms with Gasteiger partial charge in [0.1, 0.15) is 0 Å². The van der Waals surface area contributed by atoms with Crippen molar-refractivity contribution in [3.05, 3.63) is 17.7 Å². The lowest BCUT2D eigenvalue weighted by atomic mass is 9.99. The predicted molar refractivity (Wildman–Crippen MR) is 63.2 cm³/mol. The second-order valence-electron chi connectivity index (χ2n) is 4.88. The van der Waals surface area contributed by atoms with Gasteiger partial charge in [0, 0.05) is 13.0 Å². The third-order valence-corrected chi connectivity index (χ3v) is 3.41. The fraction of sp³-hybridized carbons (Fsp3) is 0.545. The van der Waals surface area contributed by atoms with Crippen molar-refractivity contribution in [1.82, 2.24) is 20.6 Å². The third kappa shape index (κ3) is 2.71. The summed E-state index contributed by atoms with van der Waals surface area (Å²) in [6, 6.07) is -0.971. The van der Waals surface area contributed by atoms with Gasteiger partial charge in [-0.2, -0.15) is 13.2 Å². The summed E-state index contributed by atoms with van der Waals surface area (Å²) in [5, 5.41) is 13.1. The number of nitrogens with zero attached hydrogens (tertiary/aromatic N) is 1. The molecule has 4 N–H and O–H groups in total. The first-order valence-corrected chi connectivity index (χ1v) is 6.02. The number of hydrogen-bond donors (Lipinski definition) is 4. The molecule has 21 heavy (non-hydrogen) atoms. The van der Waals surface area contributed by atoms with Gasteiger partial charge in [-0.25, -0.2) is 9.78 Å². The molecule has 0 fully saturated rings. The first kappa shape index (κ1) is 15.3. The van der Waals surface area contributed by atoms with Crippen LogP contribution in [0.15, 0.2) is 6.33 Å². The van der Waals surface area contributed by atoms with Crippen molar-refractivity contribution in [2.75, 3.05) is 0 Å². The summed E-state index contributed by atoms with van der Waals surface area (Å²) in [6.45, 7) is 0.652. The maximum Gasteiger partial charge on any atom is 0.422 e. The molecule has 1 aromatic heterocycles. The summed E-state index contributed by atoms with van der Waals surface area (Å²) < 4.78 is 38.5. The van der Waals surface area contributed by atoms with E-state index in [4.69, 9.17) is 5.11 Å². The Hall–Kier alpha value is -2.10. The monoisotopic (exact) mass is 306 g/mol. The van der Waals surface area contributed by atoms with Crippen LogP contribution in [0.1, 0.15) is 18.3 Å². The Balaban J connectivity index is 2.13. The Morgan fingerprint density at radius 2 is 2.14 bits per heavy atom. The number of alkyl halides is 3. The van der Waals surface area contributed by atoms with Gasteiger partial charge >= 0.3 is 12.1 Å². The fourth-order valence-corrected chi connectivity index (χ4v) is 1.93. The highest BCUT2D eigenvalue weighted by Crippen LogP contribution is 2.30. The molecule has 0 aliphatic carbocycles. The number of carboxylic acid groups (broad SMARTS) is 1. The average molecular weight is 306 g/mol. The van der Waals surface area contributed by atoms with E-state index in [2.05, 4.69) is 15.3 Å². The van der Waals surface area contributed by atoms with E-state index in [1.807, 2.05) is 0 Å². The molecule has 1 aliphatic rings. The number of aliphatic carboxylic acids is 1. The normalized spacial score (nSPS) is 21.2. The molecule has 7 nitrogen and oxygen atoms in total. The number of H-pyrrole nitrogens is 1. The van der Waals surface area contributed by atoms with E-state index in [0.717, 1.165) is 5.69 Å². The molecule has 1 aliphatic heterocycles. The summed E-state index contributed by atoms with van der Waals surface area (Å²) >= 11 is 0. The SMILES string of the molecule is CC(NC(=O)C1Cc2nc[nH]c2CN1)(C(=O)O)C(F)(F)F. The first-order chi connectivity index (χ1) is 9.65. The maximum atomic E-state index is 12.8. The van der Waals surface area contributed by atoms with Crippen molar-refractivity contribution in [2.45, 2.75) is 37.6 Å². The Kier molecular flexibility index (Phi) is 3.66. The summed E-state index contributed by atoms with van der Waals surface area (Å²) in [6.07, 6.45) is -3.61. The van der Waals surface area contributed by atoms with Gasteiger partial charge in [-0.15, -0.1) is 0 Å². The molecule has 2 atom stereocenters. The summed E-state index contributed by atoms with van der Waals surface area (Å²) in [4.78, 5) is 29.6. The number of aromatic amines is 1. The van der Waals surface area contributed by atoms with Crippen molar-refractivity contribution in [3.63, 3.8) is 0 Å². The van der Waals surface area contributed by atoms with Gasteiger partial charge in [-0.3, -0.25) is 10.1 Å². The molecule has 0 bridgehead atoms. The van der Waals surface area contributed by atoms with E-state index in [1.165, 1.54) is 6.33 Å². The van der Waals surface area contributed by atoms with E-state index in [9.17, 15) is 22.8 Å². The van der Waals surface area contributed by atoms with Gasteiger partial charge < -0.3 is 15.4 Å². The number of rotatable bonds is 3. The molecule has 0 aromatic carbocycles. The van der Waals surface area contributed by atoms with Crippen LogP contribution >= 0.6 is 0 Å². The Morgan fingerprint density at radius 3 is 2.71 bits per heavy atom. The molecule has 2 heterocycles. The zero-order chi connectivity index (χ0) is 15.8. The molecule has 0 saturated carbocycles. The lowest BCUT2D eigenvalue weighted by molar-refractivity contribution is -0.207. The molecule has 116 valence electrons. The number of amides is 1. The minimum Gasteiger partial charge on any atom is -0.479 e.